The molecule has 6 nitrogen and oxygen atoms in total. The third-order valence-electron chi connectivity index (χ3n) is 25.1. The van der Waals surface area contributed by atoms with E-state index in [0.717, 1.165) is 66.6 Å². The van der Waals surface area contributed by atoms with Crippen molar-refractivity contribution in [3.8, 4) is 134 Å². The van der Waals surface area contributed by atoms with Gasteiger partial charge in [-0.25, -0.2) is 15.0 Å². The number of para-hydroxylation sites is 5. The molecule has 3 aliphatic carbocycles. The van der Waals surface area contributed by atoms with Gasteiger partial charge in [0.25, 0.3) is 0 Å². The average molecular weight is 1520 g/mol. The predicted molar refractivity (Wildman–Crippen MR) is 495 cm³/mol. The minimum atomic E-state index is -0.141. The van der Waals surface area contributed by atoms with Crippen LogP contribution in [0.1, 0.15) is 74.9 Å². The van der Waals surface area contributed by atoms with Crippen molar-refractivity contribution in [2.24, 2.45) is 0 Å². The summed E-state index contributed by atoms with van der Waals surface area (Å²) >= 11 is 0. The Hall–Kier alpha value is -14.7. The van der Waals surface area contributed by atoms with E-state index in [4.69, 9.17) is 15.0 Å². The van der Waals surface area contributed by atoms with Crippen LogP contribution in [0.15, 0.2) is 389 Å². The molecule has 20 aromatic rings. The molecule has 0 saturated carbocycles. The summed E-state index contributed by atoms with van der Waals surface area (Å²) < 4.78 is 0. The van der Waals surface area contributed by atoms with Crippen LogP contribution in [0.3, 0.4) is 0 Å². The fourth-order valence-corrected chi connectivity index (χ4v) is 19.3. The lowest BCUT2D eigenvalue weighted by Gasteiger charge is -2.25. The van der Waals surface area contributed by atoms with E-state index in [0.29, 0.717) is 0 Å². The van der Waals surface area contributed by atoms with Gasteiger partial charge in [-0.3, -0.25) is 15.0 Å². The molecular formula is C113H82N6. The van der Waals surface area contributed by atoms with Crippen LogP contribution in [0, 0.1) is 0 Å². The van der Waals surface area contributed by atoms with E-state index in [1.807, 2.05) is 36.9 Å². The number of rotatable bonds is 9. The first kappa shape index (κ1) is 72.0. The van der Waals surface area contributed by atoms with E-state index in [-0.39, 0.29) is 16.2 Å². The van der Waals surface area contributed by atoms with Crippen LogP contribution in [0.25, 0.3) is 188 Å². The van der Waals surface area contributed by atoms with Gasteiger partial charge >= 0.3 is 0 Å². The standard InChI is InChI=1S/2C39H28N2.C35H26N2/c1-39(2)33-15-6-4-13-31(33)38-37(39)36(32-14-5-8-17-35(32)41-38)26-20-18-25(19-21-26)27-11-9-12-28(22-27)30-23-29-10-3-7-16-34(29)40-24-30;1-39(2)33-17-5-3-14-31(33)38-36(39)35(32-15-4-6-18-34(32)41-38)26-21-19-25(20-22-26)28-11-7-12-29(24-28)30-16-8-10-27-13-9-23-40-37(27)30;1-35(2)30-12-5-3-10-28(30)34-33(35)32(29-11-4-6-13-31(29)37-34)25-16-14-23(15-17-25)26-8-7-9-27(22-26)24-18-20-36-21-19-24/h2*3-24H,1-2H3;3-22H,1-2H3. The topological polar surface area (TPSA) is 77.3 Å². The maximum Gasteiger partial charge on any atom is 0.0780 e. The van der Waals surface area contributed by atoms with Gasteiger partial charge in [-0.05, 0) is 189 Å². The Balaban J connectivity index is 0.000000111. The zero-order valence-corrected chi connectivity index (χ0v) is 67.1. The van der Waals surface area contributed by atoms with E-state index in [2.05, 4.69) is 408 Å². The Kier molecular flexibility index (Phi) is 17.5. The van der Waals surface area contributed by atoms with Gasteiger partial charge in [-0.15, -0.1) is 0 Å². The maximum absolute atomic E-state index is 5.20. The highest BCUT2D eigenvalue weighted by atomic mass is 14.8. The van der Waals surface area contributed by atoms with Crippen molar-refractivity contribution in [2.75, 3.05) is 0 Å². The lowest BCUT2D eigenvalue weighted by Crippen LogP contribution is -2.16. The number of aromatic nitrogens is 6. The zero-order chi connectivity index (χ0) is 80.1. The molecule has 6 heterocycles. The van der Waals surface area contributed by atoms with Crippen molar-refractivity contribution in [1.82, 2.24) is 29.9 Å². The van der Waals surface area contributed by atoms with Gasteiger partial charge in [0.15, 0.2) is 0 Å². The quantitative estimate of drug-likeness (QED) is 0.143. The number of benzene rings is 14. The van der Waals surface area contributed by atoms with E-state index in [1.165, 1.54) is 155 Å². The predicted octanol–water partition coefficient (Wildman–Crippen LogP) is 29.1. The smallest absolute Gasteiger partial charge is 0.0780 e. The molecule has 3 aliphatic rings. The number of hydrogen-bond donors (Lipinski definition) is 0. The molecule has 119 heavy (non-hydrogen) atoms. The van der Waals surface area contributed by atoms with E-state index < -0.39 is 0 Å². The van der Waals surface area contributed by atoms with Crippen LogP contribution >= 0.6 is 0 Å². The molecule has 0 aliphatic heterocycles. The molecule has 0 spiro atoms. The van der Waals surface area contributed by atoms with Crippen LogP contribution in [-0.2, 0) is 16.2 Å². The first-order chi connectivity index (χ1) is 58.3. The Morgan fingerprint density at radius 1 is 0.210 bits per heavy atom. The van der Waals surface area contributed by atoms with Gasteiger partial charge in [-0.1, -0.05) is 339 Å². The van der Waals surface area contributed by atoms with E-state index in [9.17, 15) is 0 Å². The number of hydrogen-bond acceptors (Lipinski definition) is 6. The molecule has 0 atom stereocenters. The Labute approximate surface area is 693 Å². The zero-order valence-electron chi connectivity index (χ0n) is 67.1. The molecule has 0 radical (unpaired) electrons. The first-order valence-electron chi connectivity index (χ1n) is 41.1. The van der Waals surface area contributed by atoms with Gasteiger partial charge in [-0.2, -0.15) is 0 Å². The average Bonchev–Trinajstić information content (AvgIpc) is 1.57. The highest BCUT2D eigenvalue weighted by Gasteiger charge is 2.43. The Bertz CT molecular complexity index is 7410. The summed E-state index contributed by atoms with van der Waals surface area (Å²) in [5.74, 6) is 0. The van der Waals surface area contributed by atoms with E-state index in [1.54, 1.807) is 0 Å². The van der Waals surface area contributed by atoms with Crippen molar-refractivity contribution < 1.29 is 0 Å². The first-order valence-corrected chi connectivity index (χ1v) is 41.1. The maximum atomic E-state index is 5.20. The van der Waals surface area contributed by atoms with Gasteiger partial charge in [0.1, 0.15) is 0 Å². The minimum absolute atomic E-state index is 0.129. The van der Waals surface area contributed by atoms with Gasteiger partial charge < -0.3 is 0 Å². The SMILES string of the molecule is CC1(C)c2ccccc2-c2nc3ccccc3c(-c3ccc(-c4cccc(-c5cccc6cccnc56)c4)cc3)c21.CC1(C)c2ccccc2-c2nc3ccccc3c(-c3ccc(-c4cccc(-c5ccncc5)c4)cc3)c21.CC1(C)c2ccccc2-c2nc3ccccc3c(-c3ccc(-c4cccc(-c5cnc6ccccc6c5)c4)cc3)c21. The second kappa shape index (κ2) is 28.9. The second-order valence-corrected chi connectivity index (χ2v) is 33.2. The summed E-state index contributed by atoms with van der Waals surface area (Å²) in [7, 11) is 0. The van der Waals surface area contributed by atoms with Crippen LogP contribution < -0.4 is 0 Å². The van der Waals surface area contributed by atoms with E-state index >= 15 is 0 Å². The fourth-order valence-electron chi connectivity index (χ4n) is 19.3. The molecule has 6 heteroatoms. The van der Waals surface area contributed by atoms with Crippen molar-refractivity contribution in [1.29, 1.82) is 0 Å². The lowest BCUT2D eigenvalue weighted by molar-refractivity contribution is 0.661. The molecule has 564 valence electrons. The highest BCUT2D eigenvalue weighted by Crippen LogP contribution is 2.57. The van der Waals surface area contributed by atoms with Crippen molar-refractivity contribution in [2.45, 2.75) is 57.8 Å². The lowest BCUT2D eigenvalue weighted by atomic mass is 9.78. The van der Waals surface area contributed by atoms with Gasteiger partial charge in [0.05, 0.1) is 44.7 Å². The molecule has 0 unspecified atom stereocenters. The molecule has 14 aromatic carbocycles. The number of nitrogens with zero attached hydrogens (tertiary/aromatic N) is 6. The third kappa shape index (κ3) is 12.4. The van der Waals surface area contributed by atoms with Gasteiger partial charge in [0.2, 0.25) is 0 Å². The molecule has 0 saturated heterocycles. The Morgan fingerprint density at radius 3 is 0.966 bits per heavy atom. The molecule has 0 amide bonds. The highest BCUT2D eigenvalue weighted by molar-refractivity contribution is 6.06. The summed E-state index contributed by atoms with van der Waals surface area (Å²) in [4.78, 5) is 29.1. The summed E-state index contributed by atoms with van der Waals surface area (Å²) in [6, 6.07) is 130. The van der Waals surface area contributed by atoms with Crippen molar-refractivity contribution in [3.63, 3.8) is 0 Å². The fraction of sp³-hybridized carbons (Fsp3) is 0.0796. The molecule has 0 N–H and O–H groups in total. The third-order valence-corrected chi connectivity index (χ3v) is 25.1. The molecule has 0 bridgehead atoms. The van der Waals surface area contributed by atoms with Crippen LogP contribution in [0.5, 0.6) is 0 Å². The van der Waals surface area contributed by atoms with Crippen molar-refractivity contribution in [3.05, 3.63) is 422 Å². The summed E-state index contributed by atoms with van der Waals surface area (Å²) in [5, 5.41) is 5.91. The minimum Gasteiger partial charge on any atom is -0.265 e. The Morgan fingerprint density at radius 2 is 0.529 bits per heavy atom. The largest absolute Gasteiger partial charge is 0.265 e. The second-order valence-electron chi connectivity index (χ2n) is 33.2. The molecular weight excluding hydrogens is 1440 g/mol. The summed E-state index contributed by atoms with van der Waals surface area (Å²) in [5.41, 5.74) is 41.5. The van der Waals surface area contributed by atoms with Gasteiger partial charge in [0, 0.05) is 95.8 Å². The number of pyridine rings is 6. The van der Waals surface area contributed by atoms with Crippen molar-refractivity contribution >= 4 is 54.5 Å². The molecule has 0 fully saturated rings. The van der Waals surface area contributed by atoms with Crippen LogP contribution in [0.2, 0.25) is 0 Å². The monoisotopic (exact) mass is 1520 g/mol. The van der Waals surface area contributed by atoms with Crippen LogP contribution in [0.4, 0.5) is 0 Å². The molecule has 23 rings (SSSR count). The summed E-state index contributed by atoms with van der Waals surface area (Å²) in [6.45, 7) is 14.0. The molecule has 6 aromatic heterocycles. The summed E-state index contributed by atoms with van der Waals surface area (Å²) in [6.07, 6.45) is 7.52. The normalized spacial score (nSPS) is 13.3. The number of fused-ring (bicyclic) bond motifs is 14. The van der Waals surface area contributed by atoms with Crippen LogP contribution in [-0.4, -0.2) is 29.9 Å².